The van der Waals surface area contributed by atoms with Crippen LogP contribution in [0.2, 0.25) is 0 Å². The first kappa shape index (κ1) is 81.3. The molecule has 9 heterocycles. The summed E-state index contributed by atoms with van der Waals surface area (Å²) in [5.41, 5.74) is 9.75. The number of carbonyl (C=O) groups is 6. The third-order valence-corrected chi connectivity index (χ3v) is 17.6. The number of esters is 2. The number of alkyl halides is 9. The van der Waals surface area contributed by atoms with Gasteiger partial charge in [-0.1, -0.05) is 54.6 Å². The number of nitrogens with zero attached hydrogens (tertiary/aromatic N) is 12. The van der Waals surface area contributed by atoms with E-state index in [9.17, 15) is 73.4 Å². The van der Waals surface area contributed by atoms with Crippen molar-refractivity contribution in [3.63, 3.8) is 0 Å². The molecule has 0 spiro atoms. The Morgan fingerprint density at radius 3 is 1.24 bits per heavy atom. The number of anilines is 3. The maximum Gasteiger partial charge on any atom is 0.416 e. The number of fused-ring (bicyclic) bond motifs is 3. The van der Waals surface area contributed by atoms with E-state index in [1.165, 1.54) is 56.9 Å². The average molecular weight is 1520 g/mol. The topological polar surface area (TPSA) is 313 Å². The summed E-state index contributed by atoms with van der Waals surface area (Å²) in [6.07, 6.45) is -8.80. The van der Waals surface area contributed by atoms with Crippen LogP contribution in [0, 0.1) is 20.8 Å². The molecule has 25 nitrogen and oxygen atoms in total. The first-order valence-electron chi connectivity index (χ1n) is 32.8. The number of pyridine rings is 3. The number of methoxy groups -OCH3 is 2. The Hall–Kier alpha value is -11.4. The van der Waals surface area contributed by atoms with Crippen molar-refractivity contribution >= 4 is 65.6 Å². The molecular weight excluding hydrogens is 1440 g/mol. The standard InChI is InChI=1S/2C24H24F3N5O3.C15H14F3N3O2.C9H12N2O2.ClH/c1-14(17-7-8-19(28-12-17)23(34)35-3)29-21(33)20-15(2)30-32-10-9-31(22(20)32)13-16-5-4-6-18(11-16)24(25,26)27;1-13(17-7-8-19(23(34)35)28-12-17)29-21(33)20-14(2)30-32-10-9-31(22(20)32)15(3)16-5-4-6-18(11-16)24(25,26)27;1-9-12(14(22)23)13-20(5-6-21(13)19-9)8-10-3-2-4-11(7-10)15(16,17)18;1-6(10)7-3-4-8(11-5-7)9(12)13-2;/h4-8,11-12,14H,9-10,13H2,1-3H3,(H,29,33);4-8,11-13,15H,9-10H2,1-3H3,(H,29,33)(H,34,35);2-4,7H,5-6,8H2,1H3,(H,22,23);3-6H,10H2,1-2H3;1H/t14-;13-,15+;;6-;/m00.0./s1. The van der Waals surface area contributed by atoms with Crippen molar-refractivity contribution in [2.75, 3.05) is 48.6 Å². The van der Waals surface area contributed by atoms with Gasteiger partial charge < -0.3 is 50.8 Å². The number of carboxylic acids is 2. The summed E-state index contributed by atoms with van der Waals surface area (Å²) in [6.45, 7) is 15.7. The van der Waals surface area contributed by atoms with E-state index in [2.05, 4.69) is 50.4 Å². The minimum atomic E-state index is -4.45. The number of aromatic carboxylic acids is 2. The molecule has 0 radical (unpaired) electrons. The summed E-state index contributed by atoms with van der Waals surface area (Å²) < 4.78 is 132. The number of ether oxygens (including phenoxy) is 2. The van der Waals surface area contributed by atoms with Crippen molar-refractivity contribution in [3.8, 4) is 0 Å². The number of carboxylic acid groups (broad SMARTS) is 2. The third kappa shape index (κ3) is 19.2. The van der Waals surface area contributed by atoms with Gasteiger partial charge in [-0.05, 0) is 136 Å². The van der Waals surface area contributed by atoms with Gasteiger partial charge in [0, 0.05) is 57.4 Å². The van der Waals surface area contributed by atoms with Gasteiger partial charge in [0.2, 0.25) is 0 Å². The van der Waals surface area contributed by atoms with Crippen LogP contribution in [-0.2, 0) is 60.7 Å². The molecule has 107 heavy (non-hydrogen) atoms. The summed E-state index contributed by atoms with van der Waals surface area (Å²) in [6, 6.07) is 23.5. The van der Waals surface area contributed by atoms with Gasteiger partial charge in [0.1, 0.15) is 51.2 Å². The summed E-state index contributed by atoms with van der Waals surface area (Å²) in [5.74, 6) is -2.39. The number of carbonyl (C=O) groups excluding carboxylic acids is 4. The molecule has 0 unspecified atom stereocenters. The van der Waals surface area contributed by atoms with E-state index in [0.717, 1.165) is 42.0 Å². The number of nitrogens with one attached hydrogen (secondary N) is 2. The Morgan fingerprint density at radius 1 is 0.477 bits per heavy atom. The maximum atomic E-state index is 13.3. The number of hydrogen-bond acceptors (Lipinski definition) is 18. The van der Waals surface area contributed by atoms with Crippen molar-refractivity contribution in [1.82, 2.24) is 54.9 Å². The lowest BCUT2D eigenvalue weighted by Crippen LogP contribution is -2.31. The zero-order valence-corrected chi connectivity index (χ0v) is 59.8. The highest BCUT2D eigenvalue weighted by molar-refractivity contribution is 6.02. The van der Waals surface area contributed by atoms with Crippen molar-refractivity contribution < 1.29 is 88.0 Å². The lowest BCUT2D eigenvalue weighted by molar-refractivity contribution is -0.138. The van der Waals surface area contributed by atoms with Crippen molar-refractivity contribution in [3.05, 3.63) is 229 Å². The minimum Gasteiger partial charge on any atom is -0.477 e. The second-order valence-electron chi connectivity index (χ2n) is 25.0. The molecule has 4 atom stereocenters. The van der Waals surface area contributed by atoms with Gasteiger partial charge in [-0.3, -0.25) is 9.59 Å². The van der Waals surface area contributed by atoms with E-state index in [4.69, 9.17) is 10.8 Å². The molecule has 0 saturated carbocycles. The summed E-state index contributed by atoms with van der Waals surface area (Å²) >= 11 is 0. The number of hydrogen-bond donors (Lipinski definition) is 5. The number of rotatable bonds is 17. The molecule has 3 aliphatic rings. The Bertz CT molecular complexity index is 4700. The molecule has 568 valence electrons. The smallest absolute Gasteiger partial charge is 0.416 e. The van der Waals surface area contributed by atoms with E-state index >= 15 is 0 Å². The second-order valence-corrected chi connectivity index (χ2v) is 25.0. The van der Waals surface area contributed by atoms with Gasteiger partial charge in [0.25, 0.3) is 11.8 Å². The highest BCUT2D eigenvalue weighted by atomic mass is 35.5. The van der Waals surface area contributed by atoms with Crippen LogP contribution < -0.4 is 31.1 Å². The van der Waals surface area contributed by atoms with Gasteiger partial charge in [-0.25, -0.2) is 48.2 Å². The van der Waals surface area contributed by atoms with Crippen molar-refractivity contribution in [2.24, 2.45) is 5.73 Å². The van der Waals surface area contributed by atoms with Gasteiger partial charge >= 0.3 is 42.4 Å². The predicted molar refractivity (Wildman–Crippen MR) is 374 cm³/mol. The predicted octanol–water partition coefficient (Wildman–Crippen LogP) is 12.5. The van der Waals surface area contributed by atoms with Gasteiger partial charge in [0.15, 0.2) is 0 Å². The quantitative estimate of drug-likeness (QED) is 0.0418. The van der Waals surface area contributed by atoms with E-state index in [1.807, 2.05) is 16.7 Å². The van der Waals surface area contributed by atoms with Crippen LogP contribution >= 0.6 is 12.4 Å². The fourth-order valence-electron chi connectivity index (χ4n) is 12.1. The minimum absolute atomic E-state index is 0. The zero-order valence-electron chi connectivity index (χ0n) is 59.0. The van der Waals surface area contributed by atoms with Crippen molar-refractivity contribution in [2.45, 2.75) is 124 Å². The lowest BCUT2D eigenvalue weighted by atomic mass is 10.0. The zero-order chi connectivity index (χ0) is 77.4. The molecule has 2 amide bonds. The van der Waals surface area contributed by atoms with Crippen LogP contribution in [0.25, 0.3) is 0 Å². The molecule has 0 saturated heterocycles. The molecule has 6 N–H and O–H groups in total. The van der Waals surface area contributed by atoms with Gasteiger partial charge in [0.05, 0.1) is 85.8 Å². The number of aryl methyl sites for hydroxylation is 3. The van der Waals surface area contributed by atoms with Crippen LogP contribution in [0.3, 0.4) is 0 Å². The Kier molecular flexibility index (Phi) is 25.7. The molecule has 9 aromatic rings. The Labute approximate surface area is 612 Å². The molecule has 3 aromatic carbocycles. The first-order valence-corrected chi connectivity index (χ1v) is 32.8. The van der Waals surface area contributed by atoms with Crippen LogP contribution in [0.4, 0.5) is 57.0 Å². The molecule has 12 rings (SSSR count). The van der Waals surface area contributed by atoms with Crippen molar-refractivity contribution in [1.29, 1.82) is 0 Å². The van der Waals surface area contributed by atoms with Crippen LogP contribution in [0.1, 0.15) is 182 Å². The molecule has 0 aliphatic carbocycles. The number of halogens is 10. The third-order valence-electron chi connectivity index (χ3n) is 17.6. The van der Waals surface area contributed by atoms with Crippen LogP contribution in [0.15, 0.2) is 128 Å². The highest BCUT2D eigenvalue weighted by Gasteiger charge is 2.38. The SMILES string of the molecule is COC(=O)c1ccc([C@H](C)N)cn1.COC(=O)c1ccc([C@H](C)NC(=O)c2c(C)nn3c2N(Cc2cccc(C(F)(F)F)c2)CC3)cn1.Cc1nn2c(c1C(=O)N[C@@H](C)c1ccc(C(=O)O)nc1)N([C@H](C)c1cccc(C(F)(F)F)c1)CC2.Cc1nn2c(c1C(=O)O)N(Cc1cccc(C(F)(F)F)c1)CC2.Cl. The van der Waals surface area contributed by atoms with E-state index in [0.29, 0.717) is 118 Å². The van der Waals surface area contributed by atoms with Crippen LogP contribution in [0.5, 0.6) is 0 Å². The first-order chi connectivity index (χ1) is 50.0. The summed E-state index contributed by atoms with van der Waals surface area (Å²) in [7, 11) is 2.59. The fourth-order valence-corrected chi connectivity index (χ4v) is 12.1. The van der Waals surface area contributed by atoms with Crippen LogP contribution in [-0.4, -0.2) is 124 Å². The van der Waals surface area contributed by atoms with E-state index in [-0.39, 0.29) is 60.3 Å². The highest BCUT2D eigenvalue weighted by Crippen LogP contribution is 2.39. The molecule has 0 bridgehead atoms. The normalized spacial score (nSPS) is 14.0. The average Bonchev–Trinajstić information content (AvgIpc) is 1.62. The largest absolute Gasteiger partial charge is 0.477 e. The number of nitrogens with two attached hydrogens (primary N) is 1. The molecule has 0 fully saturated rings. The molecule has 3 aliphatic heterocycles. The summed E-state index contributed by atoms with van der Waals surface area (Å²) in [5, 5.41) is 37.2. The Morgan fingerprint density at radius 2 is 0.850 bits per heavy atom. The maximum absolute atomic E-state index is 13.3. The summed E-state index contributed by atoms with van der Waals surface area (Å²) in [4.78, 5) is 88.9. The number of amides is 2. The lowest BCUT2D eigenvalue weighted by Gasteiger charge is -2.27. The van der Waals surface area contributed by atoms with Gasteiger partial charge in [-0.15, -0.1) is 12.4 Å². The van der Waals surface area contributed by atoms with E-state index in [1.54, 1.807) is 109 Å². The molecule has 6 aromatic heterocycles. The molecule has 35 heteroatoms. The number of benzene rings is 3. The second kappa shape index (κ2) is 33.8. The fraction of sp³-hybridized carbons (Fsp3) is 0.333. The number of aromatic nitrogens is 9. The van der Waals surface area contributed by atoms with Gasteiger partial charge in [-0.2, -0.15) is 54.8 Å². The Balaban J connectivity index is 0.000000189. The monoisotopic (exact) mass is 1520 g/mol. The molecular formula is C72H75ClF9N15O10. The van der Waals surface area contributed by atoms with E-state index < -0.39 is 77.2 Å².